The average Bonchev–Trinajstić information content (AvgIpc) is 3.35. The third-order valence-corrected chi connectivity index (χ3v) is 12.9. The van der Waals surface area contributed by atoms with Gasteiger partial charge in [0.2, 0.25) is 5.79 Å². The predicted molar refractivity (Wildman–Crippen MR) is 254 cm³/mol. The minimum atomic E-state index is -1.67. The Hall–Kier alpha value is -6.95. The van der Waals surface area contributed by atoms with Crippen molar-refractivity contribution >= 4 is 23.2 Å². The molecule has 1 heterocycles. The zero-order chi connectivity index (χ0) is 48.9. The molecule has 1 aliphatic heterocycles. The van der Waals surface area contributed by atoms with Crippen LogP contribution < -0.4 is 9.47 Å². The third kappa shape index (κ3) is 11.7. The Morgan fingerprint density at radius 3 is 2.29 bits per heavy atom. The number of aliphatic hydroxyl groups excluding tert-OH is 2. The molecule has 0 radical (unpaired) electrons. The molecule has 2 aliphatic carbocycles. The van der Waals surface area contributed by atoms with Crippen molar-refractivity contribution in [1.29, 1.82) is 0 Å². The number of carbonyl (C=O) groups is 1. The van der Waals surface area contributed by atoms with E-state index in [2.05, 4.69) is 19.2 Å². The second-order valence-electron chi connectivity index (χ2n) is 17.3. The maximum atomic E-state index is 14.7. The smallest absolute Gasteiger partial charge is 0.410 e. The lowest BCUT2D eigenvalue weighted by molar-refractivity contribution is -0.385. The number of hydrogen-bond donors (Lipinski definition) is 2. The van der Waals surface area contributed by atoms with Gasteiger partial charge in [-0.3, -0.25) is 25.1 Å². The lowest BCUT2D eigenvalue weighted by Gasteiger charge is -2.59. The molecule has 364 valence electrons. The molecule has 0 bridgehead atoms. The van der Waals surface area contributed by atoms with E-state index in [9.17, 15) is 39.6 Å². The van der Waals surface area contributed by atoms with E-state index in [0.717, 1.165) is 11.1 Å². The van der Waals surface area contributed by atoms with Crippen molar-refractivity contribution in [3.63, 3.8) is 0 Å². The highest BCUT2D eigenvalue weighted by Crippen LogP contribution is 2.62. The van der Waals surface area contributed by atoms with Crippen LogP contribution in [0.5, 0.6) is 17.2 Å². The molecular weight excluding hydrogens is 892 g/mol. The van der Waals surface area contributed by atoms with Gasteiger partial charge in [-0.1, -0.05) is 54.4 Å². The first kappa shape index (κ1) is 49.9. The van der Waals surface area contributed by atoms with Crippen LogP contribution in [-0.4, -0.2) is 75.0 Å². The van der Waals surface area contributed by atoms with Crippen LogP contribution in [0.4, 0.5) is 20.6 Å². The SMILES string of the molecule is C=CCCOC(=O)N(Cc1ccc(F)cc1)C1CC(=NOCc2ccc([N+](=O)[O-])cc2)C2=CC(CCCCO)C(CCCCO)C3c4cc(Oc5cccc([N+](=O)[O-])c5)ccc4OC1(OCC=C)C23. The molecule has 0 spiro atoms. The summed E-state index contributed by atoms with van der Waals surface area (Å²) in [6, 6.07) is 22.0. The predicted octanol–water partition coefficient (Wildman–Crippen LogP) is 10.5. The number of amides is 1. The summed E-state index contributed by atoms with van der Waals surface area (Å²) in [6.07, 6.45) is 8.92. The Bertz CT molecular complexity index is 2520. The minimum Gasteiger partial charge on any atom is -0.459 e. The maximum Gasteiger partial charge on any atom is 0.410 e. The van der Waals surface area contributed by atoms with Crippen LogP contribution >= 0.6 is 0 Å². The Morgan fingerprint density at radius 1 is 0.884 bits per heavy atom. The van der Waals surface area contributed by atoms with Gasteiger partial charge >= 0.3 is 6.09 Å². The van der Waals surface area contributed by atoms with Crippen LogP contribution in [0.25, 0.3) is 0 Å². The lowest BCUT2D eigenvalue weighted by atomic mass is 9.55. The number of carbonyl (C=O) groups excluding carboxylic acids is 1. The van der Waals surface area contributed by atoms with Crippen molar-refractivity contribution in [1.82, 2.24) is 4.90 Å². The Labute approximate surface area is 399 Å². The van der Waals surface area contributed by atoms with Crippen molar-refractivity contribution in [2.75, 3.05) is 26.4 Å². The fourth-order valence-corrected chi connectivity index (χ4v) is 9.81. The third-order valence-electron chi connectivity index (χ3n) is 12.9. The molecule has 4 aromatic carbocycles. The van der Waals surface area contributed by atoms with E-state index < -0.39 is 45.4 Å². The lowest BCUT2D eigenvalue weighted by Crippen LogP contribution is -2.70. The fourth-order valence-electron chi connectivity index (χ4n) is 9.81. The van der Waals surface area contributed by atoms with Crippen molar-refractivity contribution in [3.05, 3.63) is 171 Å². The molecule has 0 saturated heterocycles. The number of oxime groups is 1. The molecule has 17 heteroatoms. The summed E-state index contributed by atoms with van der Waals surface area (Å²) in [5.41, 5.74) is 2.97. The second-order valence-corrected chi connectivity index (χ2v) is 17.3. The highest BCUT2D eigenvalue weighted by Gasteiger charge is 2.65. The molecule has 6 atom stereocenters. The zero-order valence-electron chi connectivity index (χ0n) is 38.2. The van der Waals surface area contributed by atoms with Crippen molar-refractivity contribution in [2.45, 2.75) is 82.3 Å². The quantitative estimate of drug-likeness (QED) is 0.0291. The molecule has 1 fully saturated rings. The van der Waals surface area contributed by atoms with Gasteiger partial charge in [-0.25, -0.2) is 9.18 Å². The summed E-state index contributed by atoms with van der Waals surface area (Å²) in [4.78, 5) is 44.5. The zero-order valence-corrected chi connectivity index (χ0v) is 38.2. The molecular formula is C52H57FN4O12. The van der Waals surface area contributed by atoms with E-state index in [1.165, 1.54) is 41.3 Å². The van der Waals surface area contributed by atoms with Gasteiger partial charge in [0.1, 0.15) is 35.7 Å². The molecule has 69 heavy (non-hydrogen) atoms. The number of hydrogen-bond acceptors (Lipinski definition) is 13. The van der Waals surface area contributed by atoms with Gasteiger partial charge in [-0.15, -0.1) is 13.2 Å². The summed E-state index contributed by atoms with van der Waals surface area (Å²) in [5.74, 6) is -2.46. The molecule has 4 aromatic rings. The van der Waals surface area contributed by atoms with E-state index in [-0.39, 0.29) is 75.0 Å². The van der Waals surface area contributed by atoms with Gasteiger partial charge in [0.25, 0.3) is 11.4 Å². The maximum absolute atomic E-state index is 14.7. The topological polar surface area (TPSA) is 206 Å². The van der Waals surface area contributed by atoms with E-state index in [4.69, 9.17) is 28.9 Å². The summed E-state index contributed by atoms with van der Waals surface area (Å²) >= 11 is 0. The first-order valence-corrected chi connectivity index (χ1v) is 23.1. The van der Waals surface area contributed by atoms with E-state index >= 15 is 0 Å². The number of fused-ring (bicyclic) bond motifs is 2. The number of nitro groups is 2. The van der Waals surface area contributed by atoms with Crippen LogP contribution in [0.2, 0.25) is 0 Å². The van der Waals surface area contributed by atoms with Crippen molar-refractivity contribution < 1.29 is 53.0 Å². The van der Waals surface area contributed by atoms with Crippen molar-refractivity contribution in [3.8, 4) is 17.2 Å². The highest BCUT2D eigenvalue weighted by molar-refractivity contribution is 6.03. The number of nitro benzene ring substituents is 2. The Morgan fingerprint density at radius 2 is 1.59 bits per heavy atom. The van der Waals surface area contributed by atoms with Gasteiger partial charge in [-0.05, 0) is 109 Å². The molecule has 1 saturated carbocycles. The number of aliphatic hydroxyl groups is 2. The van der Waals surface area contributed by atoms with Crippen LogP contribution in [-0.2, 0) is 27.5 Å². The number of rotatable bonds is 24. The Kier molecular flexibility index (Phi) is 16.9. The monoisotopic (exact) mass is 948 g/mol. The second kappa shape index (κ2) is 23.4. The van der Waals surface area contributed by atoms with E-state index in [0.29, 0.717) is 73.3 Å². The summed E-state index contributed by atoms with van der Waals surface area (Å²) in [5, 5.41) is 47.9. The largest absolute Gasteiger partial charge is 0.459 e. The number of allylic oxidation sites excluding steroid dienone is 1. The number of benzene rings is 4. The van der Waals surface area contributed by atoms with Gasteiger partial charge in [0.15, 0.2) is 0 Å². The number of unbranched alkanes of at least 4 members (excludes halogenated alkanes) is 2. The van der Waals surface area contributed by atoms with Gasteiger partial charge in [0.05, 0.1) is 40.8 Å². The number of non-ortho nitro benzene ring substituents is 2. The summed E-state index contributed by atoms with van der Waals surface area (Å²) in [7, 11) is 0. The first-order chi connectivity index (χ1) is 33.5. The number of ether oxygens (including phenoxy) is 4. The first-order valence-electron chi connectivity index (χ1n) is 23.1. The number of nitrogens with zero attached hydrogens (tertiary/aromatic N) is 4. The van der Waals surface area contributed by atoms with Gasteiger partial charge in [0, 0.05) is 55.9 Å². The molecule has 1 amide bonds. The Balaban J connectivity index is 1.45. The normalized spacial score (nSPS) is 21.7. The molecule has 16 nitrogen and oxygen atoms in total. The minimum absolute atomic E-state index is 0.00948. The van der Waals surface area contributed by atoms with E-state index in [1.807, 2.05) is 6.07 Å². The summed E-state index contributed by atoms with van der Waals surface area (Å²) in [6.45, 7) is 7.67. The van der Waals surface area contributed by atoms with Gasteiger partial charge in [-0.2, -0.15) is 0 Å². The number of halogens is 1. The molecule has 0 aromatic heterocycles. The van der Waals surface area contributed by atoms with Crippen LogP contribution in [0.1, 0.15) is 74.0 Å². The molecule has 2 N–H and O–H groups in total. The van der Waals surface area contributed by atoms with E-state index in [1.54, 1.807) is 60.7 Å². The molecule has 3 aliphatic rings. The van der Waals surface area contributed by atoms with Crippen LogP contribution in [0.15, 0.2) is 133 Å². The fraction of sp³-hybridized carbons (Fsp3) is 0.385. The van der Waals surface area contributed by atoms with Gasteiger partial charge < -0.3 is 34.0 Å². The summed E-state index contributed by atoms with van der Waals surface area (Å²) < 4.78 is 40.9. The molecule has 7 rings (SSSR count). The van der Waals surface area contributed by atoms with Crippen LogP contribution in [0.3, 0.4) is 0 Å². The van der Waals surface area contributed by atoms with Crippen LogP contribution in [0, 0.1) is 43.8 Å². The average molecular weight is 949 g/mol. The molecule has 6 unspecified atom stereocenters. The standard InChI is InChI=1S/C52H57FN4O12/c1-3-5-28-65-51(60)55(33-35-15-19-38(53)20-16-35)48-32-46(54-67-34-36-17-21-39(22-18-36)56(61)62)44-29-37(11-6-8-25-58)43(14-7-9-26-59)49-45-31-42(68-41-13-10-12-40(30-41)57(63)64)23-24-47(45)69-52(48,50(44)49)66-27-4-2/h3-4,10,12-13,15-24,29-31,37,43,48-50,58-59H,1-2,5-9,11,14,25-28,32-34H2. The highest BCUT2D eigenvalue weighted by atomic mass is 19.1. The van der Waals surface area contributed by atoms with Crippen molar-refractivity contribution in [2.24, 2.45) is 22.9 Å².